The molecule has 1 aromatic heterocycles. The van der Waals surface area contributed by atoms with E-state index in [0.717, 1.165) is 12.8 Å². The van der Waals surface area contributed by atoms with E-state index in [9.17, 15) is 13.2 Å². The first-order valence-electron chi connectivity index (χ1n) is 7.87. The van der Waals surface area contributed by atoms with Gasteiger partial charge >= 0.3 is 0 Å². The highest BCUT2D eigenvalue weighted by atomic mass is 32.2. The molecule has 2 saturated heterocycles. The maximum Gasteiger partial charge on any atom is 0.249 e. The second kappa shape index (κ2) is 6.58. The summed E-state index contributed by atoms with van der Waals surface area (Å²) in [6, 6.07) is 0.00653. The van der Waals surface area contributed by atoms with Crippen molar-refractivity contribution >= 4 is 15.9 Å². The lowest BCUT2D eigenvalue weighted by Gasteiger charge is -2.31. The van der Waals surface area contributed by atoms with Crippen LogP contribution in [-0.2, 0) is 26.6 Å². The Morgan fingerprint density at radius 2 is 2.09 bits per heavy atom. The van der Waals surface area contributed by atoms with Crippen LogP contribution in [0.15, 0.2) is 17.3 Å². The van der Waals surface area contributed by atoms with Crippen molar-refractivity contribution in [1.29, 1.82) is 0 Å². The number of sulfonamides is 1. The van der Waals surface area contributed by atoms with Gasteiger partial charge in [-0.2, -0.15) is 9.40 Å². The lowest BCUT2D eigenvalue weighted by molar-refractivity contribution is -0.131. The second-order valence-electron chi connectivity index (χ2n) is 6.04. The molecule has 0 radical (unpaired) electrons. The molecule has 8 nitrogen and oxygen atoms in total. The first kappa shape index (κ1) is 16.4. The number of aromatic nitrogens is 2. The van der Waals surface area contributed by atoms with E-state index in [0.29, 0.717) is 32.5 Å². The van der Waals surface area contributed by atoms with Gasteiger partial charge in [0.2, 0.25) is 15.9 Å². The lowest BCUT2D eigenvalue weighted by Crippen LogP contribution is -2.48. The predicted molar refractivity (Wildman–Crippen MR) is 82.1 cm³/mol. The predicted octanol–water partition coefficient (Wildman–Crippen LogP) is -0.132. The van der Waals surface area contributed by atoms with Crippen LogP contribution >= 0.6 is 0 Å². The van der Waals surface area contributed by atoms with Gasteiger partial charge in [0.1, 0.15) is 11.0 Å². The maximum atomic E-state index is 12.5. The minimum Gasteiger partial charge on any atom is -0.368 e. The van der Waals surface area contributed by atoms with Crippen molar-refractivity contribution in [2.24, 2.45) is 7.05 Å². The molecule has 23 heavy (non-hydrogen) atoms. The summed E-state index contributed by atoms with van der Waals surface area (Å²) in [5, 5.41) is 6.89. The number of carbonyl (C=O) groups excluding carboxylic acids is 1. The summed E-state index contributed by atoms with van der Waals surface area (Å²) in [7, 11) is -1.81. The summed E-state index contributed by atoms with van der Waals surface area (Å²) >= 11 is 0. The summed E-state index contributed by atoms with van der Waals surface area (Å²) in [5.74, 6) is -0.0731. The molecule has 0 bridgehead atoms. The van der Waals surface area contributed by atoms with Gasteiger partial charge < -0.3 is 10.1 Å². The van der Waals surface area contributed by atoms with E-state index in [4.69, 9.17) is 4.74 Å². The Bertz CT molecular complexity index is 658. The van der Waals surface area contributed by atoms with Crippen LogP contribution in [0, 0.1) is 0 Å². The van der Waals surface area contributed by atoms with Crippen LogP contribution in [0.25, 0.3) is 0 Å². The Hall–Kier alpha value is -1.45. The second-order valence-corrected chi connectivity index (χ2v) is 7.98. The fourth-order valence-corrected chi connectivity index (χ4v) is 4.46. The third kappa shape index (κ3) is 3.56. The van der Waals surface area contributed by atoms with Crippen molar-refractivity contribution in [2.45, 2.75) is 42.7 Å². The van der Waals surface area contributed by atoms with Gasteiger partial charge in [-0.05, 0) is 25.7 Å². The number of aryl methyl sites for hydroxylation is 1. The van der Waals surface area contributed by atoms with E-state index in [1.165, 1.54) is 21.4 Å². The maximum absolute atomic E-state index is 12.5. The number of piperidine rings is 1. The average Bonchev–Trinajstić information content (AvgIpc) is 3.19. The molecule has 128 valence electrons. The van der Waals surface area contributed by atoms with E-state index in [2.05, 4.69) is 10.4 Å². The summed E-state index contributed by atoms with van der Waals surface area (Å²) in [4.78, 5) is 12.2. The minimum absolute atomic E-state index is 0.00653. The number of nitrogens with one attached hydrogen (secondary N) is 1. The van der Waals surface area contributed by atoms with Gasteiger partial charge in [-0.25, -0.2) is 8.42 Å². The molecule has 2 aliphatic heterocycles. The van der Waals surface area contributed by atoms with Gasteiger partial charge in [-0.1, -0.05) is 0 Å². The SMILES string of the molecule is Cn1cc(S(=O)(=O)N2CCC(NC(=O)[C@H]3CCCO3)CC2)cn1. The highest BCUT2D eigenvalue weighted by Gasteiger charge is 2.32. The molecule has 1 N–H and O–H groups in total. The molecule has 1 aromatic rings. The van der Waals surface area contributed by atoms with Gasteiger partial charge in [0.05, 0.1) is 6.20 Å². The van der Waals surface area contributed by atoms with Crippen LogP contribution in [0.4, 0.5) is 0 Å². The van der Waals surface area contributed by atoms with E-state index < -0.39 is 10.0 Å². The van der Waals surface area contributed by atoms with Gasteiger partial charge in [-0.3, -0.25) is 9.48 Å². The molecule has 0 saturated carbocycles. The van der Waals surface area contributed by atoms with Crippen molar-refractivity contribution in [3.63, 3.8) is 0 Å². The molecule has 2 aliphatic rings. The number of hydrogen-bond donors (Lipinski definition) is 1. The summed E-state index contributed by atoms with van der Waals surface area (Å²) < 4.78 is 33.3. The molecule has 0 aromatic carbocycles. The largest absolute Gasteiger partial charge is 0.368 e. The minimum atomic E-state index is -3.50. The molecular formula is C14H22N4O4S. The summed E-state index contributed by atoms with van der Waals surface area (Å²) in [5.41, 5.74) is 0. The highest BCUT2D eigenvalue weighted by Crippen LogP contribution is 2.21. The number of nitrogens with zero attached hydrogens (tertiary/aromatic N) is 3. The zero-order valence-electron chi connectivity index (χ0n) is 13.1. The van der Waals surface area contributed by atoms with E-state index in [-0.39, 0.29) is 22.9 Å². The molecular weight excluding hydrogens is 320 g/mol. The Morgan fingerprint density at radius 3 is 2.65 bits per heavy atom. The third-order valence-electron chi connectivity index (χ3n) is 4.34. The number of ether oxygens (including phenoxy) is 1. The summed E-state index contributed by atoms with van der Waals surface area (Å²) in [6.07, 6.45) is 5.42. The molecule has 0 aliphatic carbocycles. The number of carbonyl (C=O) groups is 1. The van der Waals surface area contributed by atoms with Crippen molar-refractivity contribution in [3.05, 3.63) is 12.4 Å². The topological polar surface area (TPSA) is 93.5 Å². The van der Waals surface area contributed by atoms with Crippen LogP contribution in [0.2, 0.25) is 0 Å². The molecule has 0 unspecified atom stereocenters. The fraction of sp³-hybridized carbons (Fsp3) is 0.714. The van der Waals surface area contributed by atoms with E-state index in [1.807, 2.05) is 0 Å². The van der Waals surface area contributed by atoms with E-state index >= 15 is 0 Å². The van der Waals surface area contributed by atoms with Crippen molar-refractivity contribution < 1.29 is 17.9 Å². The Balaban J connectivity index is 1.55. The van der Waals surface area contributed by atoms with Crippen LogP contribution in [0.5, 0.6) is 0 Å². The molecule has 0 spiro atoms. The third-order valence-corrected chi connectivity index (χ3v) is 6.19. The smallest absolute Gasteiger partial charge is 0.249 e. The number of amides is 1. The zero-order chi connectivity index (χ0) is 16.4. The van der Waals surface area contributed by atoms with Gasteiger partial charge in [0.15, 0.2) is 0 Å². The number of rotatable bonds is 4. The summed E-state index contributed by atoms with van der Waals surface area (Å²) in [6.45, 7) is 1.43. The van der Waals surface area contributed by atoms with E-state index in [1.54, 1.807) is 7.05 Å². The normalized spacial score (nSPS) is 24.0. The molecule has 3 heterocycles. The van der Waals surface area contributed by atoms with Crippen LogP contribution in [0.1, 0.15) is 25.7 Å². The van der Waals surface area contributed by atoms with Crippen molar-refractivity contribution in [2.75, 3.05) is 19.7 Å². The van der Waals surface area contributed by atoms with Crippen LogP contribution in [-0.4, -0.2) is 60.3 Å². The molecule has 2 fully saturated rings. The van der Waals surface area contributed by atoms with Crippen molar-refractivity contribution in [1.82, 2.24) is 19.4 Å². The molecule has 1 atom stereocenters. The zero-order valence-corrected chi connectivity index (χ0v) is 14.0. The Morgan fingerprint density at radius 1 is 1.35 bits per heavy atom. The number of hydrogen-bond acceptors (Lipinski definition) is 5. The van der Waals surface area contributed by atoms with Crippen molar-refractivity contribution in [3.8, 4) is 0 Å². The lowest BCUT2D eigenvalue weighted by atomic mass is 10.1. The first-order valence-corrected chi connectivity index (χ1v) is 9.31. The Kier molecular flexibility index (Phi) is 4.69. The highest BCUT2D eigenvalue weighted by molar-refractivity contribution is 7.89. The Labute approximate surface area is 135 Å². The van der Waals surface area contributed by atoms with Crippen LogP contribution in [0.3, 0.4) is 0 Å². The van der Waals surface area contributed by atoms with Crippen LogP contribution < -0.4 is 5.32 Å². The monoisotopic (exact) mass is 342 g/mol. The first-order chi connectivity index (χ1) is 11.0. The fourth-order valence-electron chi connectivity index (χ4n) is 3.00. The van der Waals surface area contributed by atoms with Gasteiger partial charge in [-0.15, -0.1) is 0 Å². The standard InChI is InChI=1S/C14H22N4O4S/c1-17-10-12(9-15-17)23(20,21)18-6-4-11(5-7-18)16-14(19)13-3-2-8-22-13/h9-11,13H,2-8H2,1H3,(H,16,19)/t13-/m1/s1. The average molecular weight is 342 g/mol. The molecule has 1 amide bonds. The molecule has 9 heteroatoms. The van der Waals surface area contributed by atoms with Gasteiger partial charge in [0.25, 0.3) is 0 Å². The quantitative estimate of drug-likeness (QED) is 0.823. The van der Waals surface area contributed by atoms with Gasteiger partial charge in [0, 0.05) is 39.0 Å². The molecule has 3 rings (SSSR count).